The van der Waals surface area contributed by atoms with Gasteiger partial charge in [0.2, 0.25) is 0 Å². The second kappa shape index (κ2) is 6.38. The van der Waals surface area contributed by atoms with Crippen LogP contribution >= 0.6 is 0 Å². The van der Waals surface area contributed by atoms with Gasteiger partial charge in [-0.2, -0.15) is 13.2 Å². The highest BCUT2D eigenvalue weighted by Gasteiger charge is 2.30. The Labute approximate surface area is 142 Å². The Balaban J connectivity index is 2.50. The van der Waals surface area contributed by atoms with E-state index < -0.39 is 28.7 Å². The van der Waals surface area contributed by atoms with Gasteiger partial charge >= 0.3 is 12.1 Å². The number of carbonyl (C=O) groups is 1. The first-order valence-electron chi connectivity index (χ1n) is 7.50. The van der Waals surface area contributed by atoms with Crippen LogP contribution in [-0.4, -0.2) is 16.1 Å². The van der Waals surface area contributed by atoms with Gasteiger partial charge in [-0.15, -0.1) is 0 Å². The molecular formula is C18H18F3NO3. The molecule has 0 fully saturated rings. The molecule has 0 radical (unpaired) electrons. The number of aromatic nitrogens is 1. The average molecular weight is 353 g/mol. The lowest BCUT2D eigenvalue weighted by Crippen LogP contribution is -2.22. The molecule has 0 aliphatic rings. The Morgan fingerprint density at radius 1 is 1.20 bits per heavy atom. The molecule has 134 valence electrons. The molecule has 1 aromatic carbocycles. The van der Waals surface area contributed by atoms with Crippen molar-refractivity contribution in [1.29, 1.82) is 0 Å². The molecule has 0 amide bonds. The Hall–Kier alpha value is -2.57. The normalized spacial score (nSPS) is 12.8. The van der Waals surface area contributed by atoms with Crippen LogP contribution in [0.5, 0.6) is 0 Å². The highest BCUT2D eigenvalue weighted by molar-refractivity contribution is 5.89. The second-order valence-electron chi connectivity index (χ2n) is 6.62. The smallest absolute Gasteiger partial charge is 0.416 e. The third-order valence-corrected chi connectivity index (χ3v) is 3.35. The molecule has 0 aliphatic carbocycles. The van der Waals surface area contributed by atoms with E-state index in [4.69, 9.17) is 4.74 Å². The molecule has 25 heavy (non-hydrogen) atoms. The van der Waals surface area contributed by atoms with Crippen LogP contribution in [0.15, 0.2) is 35.3 Å². The van der Waals surface area contributed by atoms with Crippen LogP contribution in [0.2, 0.25) is 0 Å². The van der Waals surface area contributed by atoms with E-state index in [9.17, 15) is 22.8 Å². The summed E-state index contributed by atoms with van der Waals surface area (Å²) in [6, 6.07) is 3.00. The summed E-state index contributed by atoms with van der Waals surface area (Å²) in [7, 11) is 1.61. The summed E-state index contributed by atoms with van der Waals surface area (Å²) in [4.78, 5) is 24.2. The monoisotopic (exact) mass is 353 g/mol. The fourth-order valence-electron chi connectivity index (χ4n) is 2.31. The lowest BCUT2D eigenvalue weighted by molar-refractivity contribution is -0.148. The number of halogens is 3. The summed E-state index contributed by atoms with van der Waals surface area (Å²) >= 11 is 0. The Morgan fingerprint density at radius 3 is 2.40 bits per heavy atom. The van der Waals surface area contributed by atoms with Crippen LogP contribution in [0.4, 0.5) is 13.2 Å². The minimum Gasteiger partial charge on any atom is -0.457 e. The number of fused-ring (bicyclic) bond motifs is 1. The molecule has 1 aromatic heterocycles. The van der Waals surface area contributed by atoms with Crippen molar-refractivity contribution in [1.82, 2.24) is 4.57 Å². The summed E-state index contributed by atoms with van der Waals surface area (Å²) in [6.45, 7) is 5.10. The Morgan fingerprint density at radius 2 is 1.84 bits per heavy atom. The summed E-state index contributed by atoms with van der Waals surface area (Å²) in [5.41, 5.74) is -1.70. The minimum absolute atomic E-state index is 0.0661. The zero-order valence-electron chi connectivity index (χ0n) is 14.3. The summed E-state index contributed by atoms with van der Waals surface area (Å²) in [5, 5.41) is -0.0661. The molecule has 0 unspecified atom stereocenters. The topological polar surface area (TPSA) is 48.3 Å². The van der Waals surface area contributed by atoms with Gasteiger partial charge < -0.3 is 9.30 Å². The number of ether oxygens (including phenoxy) is 1. The van der Waals surface area contributed by atoms with Crippen molar-refractivity contribution in [2.24, 2.45) is 7.05 Å². The summed E-state index contributed by atoms with van der Waals surface area (Å²) < 4.78 is 45.3. The zero-order valence-corrected chi connectivity index (χ0v) is 14.3. The lowest BCUT2D eigenvalue weighted by Gasteiger charge is -2.17. The molecule has 4 nitrogen and oxygen atoms in total. The van der Waals surface area contributed by atoms with E-state index in [0.29, 0.717) is 5.52 Å². The highest BCUT2D eigenvalue weighted by atomic mass is 19.4. The van der Waals surface area contributed by atoms with Gasteiger partial charge in [0.05, 0.1) is 11.1 Å². The molecule has 7 heteroatoms. The van der Waals surface area contributed by atoms with Crippen molar-refractivity contribution in [2.75, 3.05) is 0 Å². The average Bonchev–Trinajstić information content (AvgIpc) is 2.46. The lowest BCUT2D eigenvalue weighted by atomic mass is 10.1. The number of esters is 1. The maximum Gasteiger partial charge on any atom is 0.416 e. The maximum atomic E-state index is 12.9. The minimum atomic E-state index is -4.54. The first-order valence-corrected chi connectivity index (χ1v) is 7.50. The Bertz CT molecular complexity index is 903. The number of hydrogen-bond donors (Lipinski definition) is 0. The van der Waals surface area contributed by atoms with E-state index in [0.717, 1.165) is 18.2 Å². The van der Waals surface area contributed by atoms with Gasteiger partial charge in [0.25, 0.3) is 0 Å². The van der Waals surface area contributed by atoms with Crippen molar-refractivity contribution in [2.45, 2.75) is 32.5 Å². The van der Waals surface area contributed by atoms with E-state index in [-0.39, 0.29) is 10.9 Å². The number of hydrogen-bond acceptors (Lipinski definition) is 3. The molecule has 1 heterocycles. The molecule has 0 spiro atoms. The molecule has 0 bridgehead atoms. The number of alkyl halides is 3. The number of rotatable bonds is 2. The summed E-state index contributed by atoms with van der Waals surface area (Å²) in [6.07, 6.45) is -0.752. The SMILES string of the molecule is Cn1cc(/C=C/C(=O)OC(C)(C)C)c(=O)c2cc(C(F)(F)F)ccc21. The highest BCUT2D eigenvalue weighted by Crippen LogP contribution is 2.30. The van der Waals surface area contributed by atoms with Crippen molar-refractivity contribution < 1.29 is 22.7 Å². The van der Waals surface area contributed by atoms with Crippen molar-refractivity contribution in [3.63, 3.8) is 0 Å². The molecule has 2 aromatic rings. The van der Waals surface area contributed by atoms with Crippen LogP contribution in [0, 0.1) is 0 Å². The van der Waals surface area contributed by atoms with Crippen LogP contribution < -0.4 is 5.43 Å². The van der Waals surface area contributed by atoms with Crippen LogP contribution in [0.3, 0.4) is 0 Å². The van der Waals surface area contributed by atoms with Gasteiger partial charge in [-0.05, 0) is 45.0 Å². The fourth-order valence-corrected chi connectivity index (χ4v) is 2.31. The zero-order chi connectivity index (χ0) is 19.0. The first kappa shape index (κ1) is 18.8. The van der Waals surface area contributed by atoms with Gasteiger partial charge in [0.15, 0.2) is 5.43 Å². The maximum absolute atomic E-state index is 12.9. The quantitative estimate of drug-likeness (QED) is 0.607. The van der Waals surface area contributed by atoms with E-state index in [2.05, 4.69) is 0 Å². The number of pyridine rings is 1. The molecule has 2 rings (SSSR count). The van der Waals surface area contributed by atoms with Crippen LogP contribution in [0.1, 0.15) is 31.9 Å². The van der Waals surface area contributed by atoms with E-state index >= 15 is 0 Å². The third kappa shape index (κ3) is 4.49. The predicted molar refractivity (Wildman–Crippen MR) is 89.1 cm³/mol. The second-order valence-corrected chi connectivity index (χ2v) is 6.62. The fraction of sp³-hybridized carbons (Fsp3) is 0.333. The van der Waals surface area contributed by atoms with E-state index in [1.54, 1.807) is 27.8 Å². The van der Waals surface area contributed by atoms with Crippen LogP contribution in [-0.2, 0) is 22.8 Å². The molecule has 0 saturated carbocycles. The first-order chi connectivity index (χ1) is 11.4. The largest absolute Gasteiger partial charge is 0.457 e. The molecule has 0 aliphatic heterocycles. The molecular weight excluding hydrogens is 335 g/mol. The van der Waals surface area contributed by atoms with Gasteiger partial charge in [-0.1, -0.05) is 0 Å². The van der Waals surface area contributed by atoms with Gasteiger partial charge in [0, 0.05) is 30.3 Å². The van der Waals surface area contributed by atoms with E-state index in [1.807, 2.05) is 0 Å². The number of benzene rings is 1. The standard InChI is InChI=1S/C18H18F3NO3/c1-17(2,3)25-15(23)8-5-11-10-22(4)14-7-6-12(18(19,20)21)9-13(14)16(11)24/h5-10H,1-4H3/b8-5+. The molecule has 0 saturated heterocycles. The predicted octanol–water partition coefficient (Wildman–Crippen LogP) is 3.91. The van der Waals surface area contributed by atoms with Gasteiger partial charge in [0.1, 0.15) is 5.60 Å². The number of nitrogens with zero attached hydrogens (tertiary/aromatic N) is 1. The van der Waals surface area contributed by atoms with Crippen molar-refractivity contribution >= 4 is 22.9 Å². The van der Waals surface area contributed by atoms with Gasteiger partial charge in [-0.25, -0.2) is 4.79 Å². The Kier molecular flexibility index (Phi) is 4.79. The molecule has 0 atom stereocenters. The van der Waals surface area contributed by atoms with E-state index in [1.165, 1.54) is 22.9 Å². The van der Waals surface area contributed by atoms with Crippen molar-refractivity contribution in [3.05, 3.63) is 51.8 Å². The summed E-state index contributed by atoms with van der Waals surface area (Å²) in [5.74, 6) is -0.640. The number of carbonyl (C=O) groups excluding carboxylic acids is 1. The van der Waals surface area contributed by atoms with Gasteiger partial charge in [-0.3, -0.25) is 4.79 Å². The third-order valence-electron chi connectivity index (χ3n) is 3.35. The number of aryl methyl sites for hydroxylation is 1. The van der Waals surface area contributed by atoms with Crippen LogP contribution in [0.25, 0.3) is 17.0 Å². The molecule has 0 N–H and O–H groups in total. The van der Waals surface area contributed by atoms with Crippen molar-refractivity contribution in [3.8, 4) is 0 Å².